The molecule has 1 aromatic carbocycles. The highest BCUT2D eigenvalue weighted by Gasteiger charge is 2.13. The van der Waals surface area contributed by atoms with E-state index in [0.717, 1.165) is 5.56 Å². The smallest absolute Gasteiger partial charge is 0.254 e. The van der Waals surface area contributed by atoms with Crippen LogP contribution in [0.4, 0.5) is 0 Å². The zero-order valence-electron chi connectivity index (χ0n) is 10.8. The van der Waals surface area contributed by atoms with Crippen molar-refractivity contribution >= 4 is 18.3 Å². The summed E-state index contributed by atoms with van der Waals surface area (Å²) in [5.74, 6) is 0.0451. The van der Waals surface area contributed by atoms with Crippen LogP contribution >= 0.6 is 12.4 Å². The highest BCUT2D eigenvalue weighted by Crippen LogP contribution is 2.09. The Morgan fingerprint density at radius 2 is 1.74 bits per heavy atom. The number of benzene rings is 1. The number of hydrogen-bond acceptors (Lipinski definition) is 2. The van der Waals surface area contributed by atoms with E-state index in [-0.39, 0.29) is 18.3 Å². The van der Waals surface area contributed by atoms with Crippen molar-refractivity contribution in [2.24, 2.45) is 0 Å². The lowest BCUT2D eigenvalue weighted by Gasteiger charge is -2.21. The van der Waals surface area contributed by atoms with Gasteiger partial charge >= 0.3 is 0 Å². The van der Waals surface area contributed by atoms with E-state index in [0.29, 0.717) is 18.7 Å². The van der Waals surface area contributed by atoms with Crippen LogP contribution in [-0.2, 0) is 6.54 Å². The standard InChI is InChI=1S/C15H16N2O.ClH/c1-2-17(12-13-6-4-3-5-7-13)15(18)14-8-10-16-11-9-14;/h3-11H,2,12H2,1H3;1H. The fraction of sp³-hybridized carbons (Fsp3) is 0.200. The molecule has 0 atom stereocenters. The molecule has 1 heterocycles. The molecular weight excluding hydrogens is 260 g/mol. The molecule has 2 rings (SSSR count). The van der Waals surface area contributed by atoms with Crippen LogP contribution in [0, 0.1) is 0 Å². The highest BCUT2D eigenvalue weighted by molar-refractivity contribution is 5.94. The second-order valence-corrected chi connectivity index (χ2v) is 4.04. The van der Waals surface area contributed by atoms with Gasteiger partial charge < -0.3 is 4.90 Å². The number of carbonyl (C=O) groups is 1. The third-order valence-electron chi connectivity index (χ3n) is 2.81. The maximum atomic E-state index is 12.3. The summed E-state index contributed by atoms with van der Waals surface area (Å²) in [5, 5.41) is 0. The molecule has 0 fully saturated rings. The molecule has 0 N–H and O–H groups in total. The maximum Gasteiger partial charge on any atom is 0.254 e. The first-order valence-corrected chi connectivity index (χ1v) is 6.04. The molecular formula is C15H17ClN2O. The summed E-state index contributed by atoms with van der Waals surface area (Å²) in [5.41, 5.74) is 1.82. The average Bonchev–Trinajstić information content (AvgIpc) is 2.46. The molecule has 0 radical (unpaired) electrons. The maximum absolute atomic E-state index is 12.3. The topological polar surface area (TPSA) is 33.2 Å². The summed E-state index contributed by atoms with van der Waals surface area (Å²) in [7, 11) is 0. The number of rotatable bonds is 4. The minimum atomic E-state index is 0. The Kier molecular flexibility index (Phi) is 6.03. The van der Waals surface area contributed by atoms with Crippen molar-refractivity contribution in [2.45, 2.75) is 13.5 Å². The molecule has 0 bridgehead atoms. The lowest BCUT2D eigenvalue weighted by Crippen LogP contribution is -2.30. The molecule has 0 saturated carbocycles. The van der Waals surface area contributed by atoms with Crippen molar-refractivity contribution in [1.82, 2.24) is 9.88 Å². The SMILES string of the molecule is CCN(Cc1ccccc1)C(=O)c1ccncc1.Cl. The second kappa shape index (κ2) is 7.54. The number of nitrogens with zero attached hydrogens (tertiary/aromatic N) is 2. The van der Waals surface area contributed by atoms with Crippen LogP contribution in [0.2, 0.25) is 0 Å². The molecule has 100 valence electrons. The number of halogens is 1. The average molecular weight is 277 g/mol. The summed E-state index contributed by atoms with van der Waals surface area (Å²) in [6.07, 6.45) is 3.28. The Bertz CT molecular complexity index is 502. The van der Waals surface area contributed by atoms with Gasteiger partial charge in [0, 0.05) is 31.0 Å². The molecule has 0 aliphatic rings. The van der Waals surface area contributed by atoms with Gasteiger partial charge in [-0.2, -0.15) is 0 Å². The lowest BCUT2D eigenvalue weighted by molar-refractivity contribution is 0.0752. The van der Waals surface area contributed by atoms with Crippen molar-refractivity contribution in [3.63, 3.8) is 0 Å². The number of hydrogen-bond donors (Lipinski definition) is 0. The van der Waals surface area contributed by atoms with E-state index in [9.17, 15) is 4.79 Å². The van der Waals surface area contributed by atoms with Crippen LogP contribution in [0.25, 0.3) is 0 Å². The molecule has 0 unspecified atom stereocenters. The Hall–Kier alpha value is -1.87. The normalized spacial score (nSPS) is 9.53. The van der Waals surface area contributed by atoms with Crippen molar-refractivity contribution < 1.29 is 4.79 Å². The van der Waals surface area contributed by atoms with Crippen molar-refractivity contribution in [1.29, 1.82) is 0 Å². The Labute approximate surface area is 119 Å². The van der Waals surface area contributed by atoms with Gasteiger partial charge in [0.2, 0.25) is 0 Å². The van der Waals surface area contributed by atoms with Crippen LogP contribution in [0.5, 0.6) is 0 Å². The van der Waals surface area contributed by atoms with E-state index in [4.69, 9.17) is 0 Å². The first kappa shape index (κ1) is 15.2. The Balaban J connectivity index is 0.00000180. The fourth-order valence-electron chi connectivity index (χ4n) is 1.81. The van der Waals surface area contributed by atoms with E-state index in [1.807, 2.05) is 42.2 Å². The van der Waals surface area contributed by atoms with Crippen LogP contribution in [-0.4, -0.2) is 22.3 Å². The Morgan fingerprint density at radius 3 is 2.32 bits per heavy atom. The predicted molar refractivity (Wildman–Crippen MR) is 78.3 cm³/mol. The van der Waals surface area contributed by atoms with E-state index < -0.39 is 0 Å². The fourth-order valence-corrected chi connectivity index (χ4v) is 1.81. The quantitative estimate of drug-likeness (QED) is 0.859. The Morgan fingerprint density at radius 1 is 1.11 bits per heavy atom. The van der Waals surface area contributed by atoms with Gasteiger partial charge in [-0.05, 0) is 24.6 Å². The largest absolute Gasteiger partial charge is 0.335 e. The molecule has 0 spiro atoms. The first-order chi connectivity index (χ1) is 8.81. The third kappa shape index (κ3) is 4.07. The molecule has 0 aliphatic heterocycles. The van der Waals surface area contributed by atoms with Gasteiger partial charge in [-0.15, -0.1) is 12.4 Å². The zero-order chi connectivity index (χ0) is 12.8. The van der Waals surface area contributed by atoms with Gasteiger partial charge in [0.25, 0.3) is 5.91 Å². The minimum Gasteiger partial charge on any atom is -0.335 e. The number of aromatic nitrogens is 1. The number of amides is 1. The zero-order valence-corrected chi connectivity index (χ0v) is 11.6. The first-order valence-electron chi connectivity index (χ1n) is 6.04. The molecule has 3 nitrogen and oxygen atoms in total. The van der Waals surface area contributed by atoms with Gasteiger partial charge in [-0.1, -0.05) is 30.3 Å². The van der Waals surface area contributed by atoms with Gasteiger partial charge in [-0.3, -0.25) is 9.78 Å². The van der Waals surface area contributed by atoms with Crippen molar-refractivity contribution in [2.75, 3.05) is 6.54 Å². The molecule has 0 saturated heterocycles. The summed E-state index contributed by atoms with van der Waals surface area (Å²) in [4.78, 5) is 18.0. The monoisotopic (exact) mass is 276 g/mol. The molecule has 19 heavy (non-hydrogen) atoms. The van der Waals surface area contributed by atoms with Gasteiger partial charge in [0.15, 0.2) is 0 Å². The summed E-state index contributed by atoms with van der Waals surface area (Å²) >= 11 is 0. The van der Waals surface area contributed by atoms with Crippen molar-refractivity contribution in [3.8, 4) is 0 Å². The van der Waals surface area contributed by atoms with Gasteiger partial charge in [-0.25, -0.2) is 0 Å². The van der Waals surface area contributed by atoms with E-state index in [1.54, 1.807) is 24.5 Å². The predicted octanol–water partition coefficient (Wildman–Crippen LogP) is 3.17. The van der Waals surface area contributed by atoms with Gasteiger partial charge in [0.1, 0.15) is 0 Å². The van der Waals surface area contributed by atoms with Gasteiger partial charge in [0.05, 0.1) is 0 Å². The minimum absolute atomic E-state index is 0. The third-order valence-corrected chi connectivity index (χ3v) is 2.81. The van der Waals surface area contributed by atoms with Crippen LogP contribution in [0.3, 0.4) is 0 Å². The molecule has 0 aliphatic carbocycles. The van der Waals surface area contributed by atoms with Crippen LogP contribution < -0.4 is 0 Å². The van der Waals surface area contributed by atoms with E-state index in [2.05, 4.69) is 4.98 Å². The lowest BCUT2D eigenvalue weighted by atomic mass is 10.2. The summed E-state index contributed by atoms with van der Waals surface area (Å²) in [6.45, 7) is 3.32. The highest BCUT2D eigenvalue weighted by atomic mass is 35.5. The van der Waals surface area contributed by atoms with Crippen LogP contribution in [0.1, 0.15) is 22.8 Å². The molecule has 4 heteroatoms. The van der Waals surface area contributed by atoms with Crippen LogP contribution in [0.15, 0.2) is 54.9 Å². The molecule has 2 aromatic rings. The second-order valence-electron chi connectivity index (χ2n) is 4.04. The van der Waals surface area contributed by atoms with E-state index >= 15 is 0 Å². The summed E-state index contributed by atoms with van der Waals surface area (Å²) in [6, 6.07) is 13.5. The molecule has 1 aromatic heterocycles. The number of carbonyl (C=O) groups excluding carboxylic acids is 1. The van der Waals surface area contributed by atoms with E-state index in [1.165, 1.54) is 0 Å². The molecule has 1 amide bonds. The summed E-state index contributed by atoms with van der Waals surface area (Å²) < 4.78 is 0. The van der Waals surface area contributed by atoms with Crippen molar-refractivity contribution in [3.05, 3.63) is 66.0 Å². The number of pyridine rings is 1.